The van der Waals surface area contributed by atoms with E-state index < -0.39 is 12.0 Å². The Morgan fingerprint density at radius 2 is 1.58 bits per heavy atom. The number of rotatable bonds is 19. The van der Waals surface area contributed by atoms with Gasteiger partial charge in [-0.2, -0.15) is 0 Å². The van der Waals surface area contributed by atoms with E-state index in [0.717, 1.165) is 49.7 Å². The molecule has 0 amide bonds. The number of carbonyl (C=O) groups excluding carboxylic acids is 3. The van der Waals surface area contributed by atoms with E-state index in [1.54, 1.807) is 19.1 Å². The normalized spacial score (nSPS) is 13.4. The molecule has 5 nitrogen and oxygen atoms in total. The van der Waals surface area contributed by atoms with Crippen LogP contribution in [-0.4, -0.2) is 23.4 Å². The highest BCUT2D eigenvalue weighted by molar-refractivity contribution is 6.02. The SMILES string of the molecule is CCCCC(CCCc1ccc(C(=O)C(N)CCCCC(C)=O)cc1C(C)C(=O)c1ccc(C)o1)Cc1ccccc1C. The second-order valence-electron chi connectivity index (χ2n) is 12.4. The number of benzene rings is 2. The van der Waals surface area contributed by atoms with E-state index in [1.807, 2.05) is 32.0 Å². The van der Waals surface area contributed by atoms with Gasteiger partial charge in [0.25, 0.3) is 0 Å². The zero-order valence-corrected chi connectivity index (χ0v) is 26.9. The van der Waals surface area contributed by atoms with Crippen LogP contribution in [0.15, 0.2) is 59.0 Å². The molecule has 0 aliphatic heterocycles. The lowest BCUT2D eigenvalue weighted by Gasteiger charge is -2.20. The fourth-order valence-electron chi connectivity index (χ4n) is 5.96. The summed E-state index contributed by atoms with van der Waals surface area (Å²) in [5.41, 5.74) is 11.6. The van der Waals surface area contributed by atoms with E-state index in [1.165, 1.54) is 30.4 Å². The molecule has 2 aromatic carbocycles. The van der Waals surface area contributed by atoms with E-state index in [0.29, 0.717) is 35.8 Å². The van der Waals surface area contributed by atoms with Gasteiger partial charge in [-0.05, 0) is 106 Å². The molecule has 3 aromatic rings. The van der Waals surface area contributed by atoms with Crippen LogP contribution in [0.3, 0.4) is 0 Å². The van der Waals surface area contributed by atoms with Crippen molar-refractivity contribution < 1.29 is 18.8 Å². The third-order valence-corrected chi connectivity index (χ3v) is 8.70. The average Bonchev–Trinajstić information content (AvgIpc) is 3.43. The molecule has 0 spiro atoms. The van der Waals surface area contributed by atoms with Crippen LogP contribution in [-0.2, 0) is 17.6 Å². The van der Waals surface area contributed by atoms with E-state index in [-0.39, 0.29) is 17.3 Å². The second-order valence-corrected chi connectivity index (χ2v) is 12.4. The van der Waals surface area contributed by atoms with Gasteiger partial charge < -0.3 is 14.9 Å². The molecule has 0 bridgehead atoms. The van der Waals surface area contributed by atoms with Crippen molar-refractivity contribution in [3.05, 3.63) is 93.9 Å². The molecule has 0 saturated heterocycles. The Morgan fingerprint density at radius 1 is 0.837 bits per heavy atom. The molecule has 2 N–H and O–H groups in total. The lowest BCUT2D eigenvalue weighted by Crippen LogP contribution is -2.30. The Labute approximate surface area is 258 Å². The molecule has 232 valence electrons. The lowest BCUT2D eigenvalue weighted by molar-refractivity contribution is -0.117. The Kier molecular flexibility index (Phi) is 13.6. The number of Topliss-reactive ketones (excluding diaryl/α,β-unsaturated/α-hetero) is 3. The smallest absolute Gasteiger partial charge is 0.205 e. The van der Waals surface area contributed by atoms with Crippen molar-refractivity contribution in [3.63, 3.8) is 0 Å². The molecule has 0 fully saturated rings. The Morgan fingerprint density at radius 3 is 2.26 bits per heavy atom. The van der Waals surface area contributed by atoms with E-state index in [2.05, 4.69) is 38.1 Å². The largest absolute Gasteiger partial charge is 0.458 e. The van der Waals surface area contributed by atoms with Gasteiger partial charge in [0.2, 0.25) is 5.78 Å². The number of ketones is 3. The third-order valence-electron chi connectivity index (χ3n) is 8.70. The summed E-state index contributed by atoms with van der Waals surface area (Å²) in [6.45, 7) is 9.75. The lowest BCUT2D eigenvalue weighted by atomic mass is 9.84. The number of carbonyl (C=O) groups is 3. The van der Waals surface area contributed by atoms with Crippen molar-refractivity contribution in [2.45, 2.75) is 117 Å². The van der Waals surface area contributed by atoms with Gasteiger partial charge in [0.1, 0.15) is 11.5 Å². The van der Waals surface area contributed by atoms with Crippen LogP contribution >= 0.6 is 0 Å². The van der Waals surface area contributed by atoms with Gasteiger partial charge in [-0.1, -0.05) is 75.9 Å². The van der Waals surface area contributed by atoms with Gasteiger partial charge in [0.15, 0.2) is 11.5 Å². The van der Waals surface area contributed by atoms with Crippen molar-refractivity contribution in [1.29, 1.82) is 0 Å². The van der Waals surface area contributed by atoms with Crippen molar-refractivity contribution in [3.8, 4) is 0 Å². The van der Waals surface area contributed by atoms with E-state index in [4.69, 9.17) is 10.2 Å². The topological polar surface area (TPSA) is 90.4 Å². The molecule has 1 heterocycles. The maximum Gasteiger partial charge on any atom is 0.205 e. The van der Waals surface area contributed by atoms with Crippen molar-refractivity contribution in [2.24, 2.45) is 11.7 Å². The monoisotopic (exact) mass is 585 g/mol. The Hall–Kier alpha value is -3.31. The standard InChI is InChI=1S/C38H51NO4/c1-6-7-15-30(24-32-17-10-8-13-26(32)2)16-12-18-31-21-22-33(38(42)35(39)19-11-9-14-27(3)40)25-34(31)29(5)37(41)36-23-20-28(4)43-36/h8,10,13,17,20-23,25,29-30,35H,6-7,9,11-12,14-16,18-19,24,39H2,1-5H3. The molecule has 1 aromatic heterocycles. The predicted molar refractivity (Wildman–Crippen MR) is 175 cm³/mol. The molecule has 43 heavy (non-hydrogen) atoms. The van der Waals surface area contributed by atoms with Gasteiger partial charge in [-0.3, -0.25) is 9.59 Å². The van der Waals surface area contributed by atoms with Gasteiger partial charge >= 0.3 is 0 Å². The van der Waals surface area contributed by atoms with Crippen molar-refractivity contribution in [1.82, 2.24) is 0 Å². The molecule has 5 heteroatoms. The van der Waals surface area contributed by atoms with Gasteiger partial charge in [0.05, 0.1) is 6.04 Å². The molecule has 3 atom stereocenters. The van der Waals surface area contributed by atoms with Crippen LogP contribution in [0.25, 0.3) is 0 Å². The highest BCUT2D eigenvalue weighted by Gasteiger charge is 2.25. The number of furan rings is 1. The second kappa shape index (κ2) is 17.1. The highest BCUT2D eigenvalue weighted by atomic mass is 16.3. The number of hydrogen-bond donors (Lipinski definition) is 1. The maximum absolute atomic E-state index is 13.5. The first kappa shape index (κ1) is 34.2. The molecule has 0 radical (unpaired) electrons. The first-order valence-corrected chi connectivity index (χ1v) is 16.2. The summed E-state index contributed by atoms with van der Waals surface area (Å²) < 4.78 is 5.67. The third kappa shape index (κ3) is 10.4. The van der Waals surface area contributed by atoms with Gasteiger partial charge in [-0.25, -0.2) is 0 Å². The van der Waals surface area contributed by atoms with Crippen molar-refractivity contribution >= 4 is 17.3 Å². The Bertz CT molecular complexity index is 1350. The molecule has 0 saturated carbocycles. The van der Waals surface area contributed by atoms with Gasteiger partial charge in [0, 0.05) is 17.9 Å². The first-order chi connectivity index (χ1) is 20.6. The average molecular weight is 586 g/mol. The fraction of sp³-hybridized carbons (Fsp3) is 0.500. The van der Waals surface area contributed by atoms with Crippen LogP contribution in [0.1, 0.15) is 133 Å². The fourth-order valence-corrected chi connectivity index (χ4v) is 5.96. The molecule has 0 aliphatic carbocycles. The molecule has 0 aliphatic rings. The minimum Gasteiger partial charge on any atom is -0.458 e. The molecular formula is C38H51NO4. The van der Waals surface area contributed by atoms with Crippen LogP contribution in [0.2, 0.25) is 0 Å². The van der Waals surface area contributed by atoms with E-state index in [9.17, 15) is 14.4 Å². The summed E-state index contributed by atoms with van der Waals surface area (Å²) >= 11 is 0. The minimum atomic E-state index is -0.634. The van der Waals surface area contributed by atoms with Crippen LogP contribution in [0.4, 0.5) is 0 Å². The summed E-state index contributed by atoms with van der Waals surface area (Å²) in [4.78, 5) is 38.0. The van der Waals surface area contributed by atoms with Gasteiger partial charge in [-0.15, -0.1) is 0 Å². The maximum atomic E-state index is 13.5. The van der Waals surface area contributed by atoms with E-state index >= 15 is 0 Å². The summed E-state index contributed by atoms with van der Waals surface area (Å²) in [6.07, 6.45) is 10.2. The quantitative estimate of drug-likeness (QED) is 0.112. The summed E-state index contributed by atoms with van der Waals surface area (Å²) in [5.74, 6) is 1.13. The zero-order valence-electron chi connectivity index (χ0n) is 26.9. The molecular weight excluding hydrogens is 534 g/mol. The zero-order chi connectivity index (χ0) is 31.4. The number of unbranched alkanes of at least 4 members (excludes halogenated alkanes) is 2. The number of nitrogens with two attached hydrogens (primary N) is 1. The van der Waals surface area contributed by atoms with Crippen LogP contribution < -0.4 is 5.73 Å². The molecule has 3 rings (SSSR count). The van der Waals surface area contributed by atoms with Crippen molar-refractivity contribution in [2.75, 3.05) is 0 Å². The van der Waals surface area contributed by atoms with Crippen LogP contribution in [0, 0.1) is 19.8 Å². The number of aryl methyl sites for hydroxylation is 3. The molecule has 3 unspecified atom stereocenters. The predicted octanol–water partition coefficient (Wildman–Crippen LogP) is 8.91. The summed E-state index contributed by atoms with van der Waals surface area (Å²) in [7, 11) is 0. The first-order valence-electron chi connectivity index (χ1n) is 16.2. The number of hydrogen-bond acceptors (Lipinski definition) is 5. The Balaban J connectivity index is 1.79. The summed E-state index contributed by atoms with van der Waals surface area (Å²) in [5, 5.41) is 0. The van der Waals surface area contributed by atoms with Crippen LogP contribution in [0.5, 0.6) is 0 Å². The highest BCUT2D eigenvalue weighted by Crippen LogP contribution is 2.29. The summed E-state index contributed by atoms with van der Waals surface area (Å²) in [6, 6.07) is 17.3. The minimum absolute atomic E-state index is 0.0899.